The first-order chi connectivity index (χ1) is 18.3. The number of urea groups is 1. The number of sulfone groups is 1. The molecule has 3 heterocycles. The quantitative estimate of drug-likeness (QED) is 0.428. The van der Waals surface area contributed by atoms with Gasteiger partial charge in [0, 0.05) is 47.4 Å². The Hall–Kier alpha value is -3.16. The van der Waals surface area contributed by atoms with Gasteiger partial charge in [0.1, 0.15) is 12.5 Å². The molecule has 2 unspecified atom stereocenters. The van der Waals surface area contributed by atoms with Gasteiger partial charge in [-0.1, -0.05) is 0 Å². The Morgan fingerprint density at radius 2 is 2.03 bits per heavy atom. The van der Waals surface area contributed by atoms with Crippen LogP contribution in [0.2, 0.25) is 0 Å². The number of benzene rings is 1. The molecular formula is C25H29FN6O4S2. The van der Waals surface area contributed by atoms with Crippen molar-refractivity contribution in [2.45, 2.75) is 41.8 Å². The topological polar surface area (TPSA) is 126 Å². The fourth-order valence-corrected chi connectivity index (χ4v) is 7.58. The Morgan fingerprint density at radius 1 is 1.24 bits per heavy atom. The third-order valence-electron chi connectivity index (χ3n) is 6.53. The largest absolute Gasteiger partial charge is 0.377 e. The number of hydrogen-bond acceptors (Lipinski definition) is 9. The van der Waals surface area contributed by atoms with Gasteiger partial charge in [0.25, 0.3) is 0 Å². The monoisotopic (exact) mass is 560 g/mol. The van der Waals surface area contributed by atoms with Crippen LogP contribution in [0.4, 0.5) is 20.7 Å². The second-order valence-corrected chi connectivity index (χ2v) is 12.6. The van der Waals surface area contributed by atoms with Gasteiger partial charge in [-0.3, -0.25) is 0 Å². The first-order valence-electron chi connectivity index (χ1n) is 12.4. The molecule has 0 spiro atoms. The molecule has 38 heavy (non-hydrogen) atoms. The Morgan fingerprint density at radius 3 is 2.71 bits per heavy atom. The molecule has 0 radical (unpaired) electrons. The maximum absolute atomic E-state index is 13.2. The van der Waals surface area contributed by atoms with E-state index in [1.807, 2.05) is 6.07 Å². The summed E-state index contributed by atoms with van der Waals surface area (Å²) in [5.41, 5.74) is 2.63. The minimum Gasteiger partial charge on any atom is -0.377 e. The number of nitrogens with one attached hydrogen (secondary N) is 2. The molecule has 10 nitrogen and oxygen atoms in total. The van der Waals surface area contributed by atoms with E-state index in [0.29, 0.717) is 49.1 Å². The molecule has 1 aliphatic carbocycles. The first-order valence-corrected chi connectivity index (χ1v) is 14.8. The fourth-order valence-electron chi connectivity index (χ4n) is 4.44. The Bertz CT molecular complexity index is 1420. The third kappa shape index (κ3) is 5.64. The SMILES string of the molecule is Cc1csc(S(=O)(=O)C2CC2c2cc(N3CCOC[C@@H]3C)nc(-c3ccc(NC(=O)NCCF)cc3)n2)n1. The molecule has 2 aromatic heterocycles. The number of aryl methyl sites for hydroxylation is 1. The van der Waals surface area contributed by atoms with Gasteiger partial charge >= 0.3 is 6.03 Å². The zero-order valence-electron chi connectivity index (χ0n) is 21.1. The third-order valence-corrected chi connectivity index (χ3v) is 10.2. The number of thiazole rings is 1. The second-order valence-electron chi connectivity index (χ2n) is 9.42. The van der Waals surface area contributed by atoms with Crippen LogP contribution in [-0.4, -0.2) is 73.7 Å². The number of amides is 2. The van der Waals surface area contributed by atoms with Crippen LogP contribution in [0.3, 0.4) is 0 Å². The highest BCUT2D eigenvalue weighted by atomic mass is 32.2. The van der Waals surface area contributed by atoms with Gasteiger partial charge in [-0.05, 0) is 44.5 Å². The summed E-state index contributed by atoms with van der Waals surface area (Å²) in [4.78, 5) is 27.8. The average Bonchev–Trinajstić information content (AvgIpc) is 3.61. The summed E-state index contributed by atoms with van der Waals surface area (Å²) >= 11 is 1.15. The summed E-state index contributed by atoms with van der Waals surface area (Å²) in [6.07, 6.45) is 0.479. The fraction of sp³-hybridized carbons (Fsp3) is 0.440. The molecule has 1 aromatic carbocycles. The van der Waals surface area contributed by atoms with Crippen LogP contribution >= 0.6 is 11.3 Å². The summed E-state index contributed by atoms with van der Waals surface area (Å²) < 4.78 is 44.4. The van der Waals surface area contributed by atoms with Crippen molar-refractivity contribution in [1.82, 2.24) is 20.3 Å². The molecule has 13 heteroatoms. The zero-order chi connectivity index (χ0) is 26.9. The number of carbonyl (C=O) groups excluding carboxylic acids is 1. The van der Waals surface area contributed by atoms with Crippen LogP contribution in [-0.2, 0) is 14.6 Å². The molecule has 2 N–H and O–H groups in total. The summed E-state index contributed by atoms with van der Waals surface area (Å²) in [5, 5.41) is 6.24. The number of halogens is 1. The molecular weight excluding hydrogens is 531 g/mol. The van der Waals surface area contributed by atoms with Crippen LogP contribution in [0.1, 0.15) is 30.7 Å². The predicted octanol–water partition coefficient (Wildman–Crippen LogP) is 3.55. The minimum absolute atomic E-state index is 0.0622. The highest BCUT2D eigenvalue weighted by Crippen LogP contribution is 2.48. The van der Waals surface area contributed by atoms with E-state index in [-0.39, 0.29) is 22.8 Å². The molecule has 0 bridgehead atoms. The molecule has 3 aromatic rings. The number of rotatable bonds is 8. The zero-order valence-corrected chi connectivity index (χ0v) is 22.7. The highest BCUT2D eigenvalue weighted by Gasteiger charge is 2.51. The Balaban J connectivity index is 1.44. The molecule has 1 saturated carbocycles. The summed E-state index contributed by atoms with van der Waals surface area (Å²) in [6, 6.07) is 8.51. The van der Waals surface area contributed by atoms with E-state index in [9.17, 15) is 17.6 Å². The number of alkyl halides is 1. The van der Waals surface area contributed by atoms with Gasteiger partial charge in [0.05, 0.1) is 30.2 Å². The molecule has 1 aliphatic heterocycles. The lowest BCUT2D eigenvalue weighted by molar-refractivity contribution is 0.0985. The number of carbonyl (C=O) groups is 1. The van der Waals surface area contributed by atoms with Crippen molar-refractivity contribution in [2.75, 3.05) is 43.2 Å². The maximum Gasteiger partial charge on any atom is 0.319 e. The van der Waals surface area contributed by atoms with E-state index in [4.69, 9.17) is 14.7 Å². The van der Waals surface area contributed by atoms with E-state index in [1.54, 1.807) is 36.6 Å². The van der Waals surface area contributed by atoms with Gasteiger partial charge in [-0.15, -0.1) is 11.3 Å². The van der Waals surface area contributed by atoms with Crippen molar-refractivity contribution in [3.63, 3.8) is 0 Å². The Labute approximate surface area is 224 Å². The number of nitrogens with zero attached hydrogens (tertiary/aromatic N) is 4. The van der Waals surface area contributed by atoms with Crippen molar-refractivity contribution >= 4 is 38.7 Å². The number of aromatic nitrogens is 3. The second kappa shape index (κ2) is 10.9. The molecule has 1 saturated heterocycles. The molecule has 2 fully saturated rings. The molecule has 3 atom stereocenters. The molecule has 202 valence electrons. The predicted molar refractivity (Wildman–Crippen MR) is 143 cm³/mol. The van der Waals surface area contributed by atoms with Crippen molar-refractivity contribution in [3.05, 3.63) is 47.1 Å². The highest BCUT2D eigenvalue weighted by molar-refractivity contribution is 7.94. The number of anilines is 2. The average molecular weight is 561 g/mol. The van der Waals surface area contributed by atoms with Crippen LogP contribution < -0.4 is 15.5 Å². The standard InChI is InChI=1S/C25H29FN6O4S2/c1-15-14-37-25(28-15)38(34,35)21-11-19(21)20-12-22(32-9-10-36-13-16(32)2)31-23(30-20)17-3-5-18(6-4-17)29-24(33)27-8-7-26/h3-6,12,14,16,19,21H,7-11,13H2,1-2H3,(H2,27,29,33)/t16-,19?,21?/m0/s1. The van der Waals surface area contributed by atoms with E-state index >= 15 is 0 Å². The van der Waals surface area contributed by atoms with Crippen molar-refractivity contribution < 1.29 is 22.3 Å². The summed E-state index contributed by atoms with van der Waals surface area (Å²) in [7, 11) is -3.55. The first kappa shape index (κ1) is 26.4. The van der Waals surface area contributed by atoms with Gasteiger partial charge in [-0.2, -0.15) is 0 Å². The van der Waals surface area contributed by atoms with Gasteiger partial charge < -0.3 is 20.3 Å². The number of hydrogen-bond donors (Lipinski definition) is 2. The van der Waals surface area contributed by atoms with Crippen molar-refractivity contribution in [2.24, 2.45) is 0 Å². The summed E-state index contributed by atoms with van der Waals surface area (Å²) in [5.74, 6) is 0.945. The number of ether oxygens (including phenoxy) is 1. The summed E-state index contributed by atoms with van der Waals surface area (Å²) in [6.45, 7) is 4.95. The molecule has 5 rings (SSSR count). The van der Waals surface area contributed by atoms with E-state index < -0.39 is 27.8 Å². The van der Waals surface area contributed by atoms with Crippen LogP contribution in [0, 0.1) is 6.92 Å². The lowest BCUT2D eigenvalue weighted by atomic mass is 10.1. The smallest absolute Gasteiger partial charge is 0.319 e. The lowest BCUT2D eigenvalue weighted by Crippen LogP contribution is -2.44. The molecule has 2 aliphatic rings. The Kier molecular flexibility index (Phi) is 7.59. The maximum atomic E-state index is 13.2. The van der Waals surface area contributed by atoms with Crippen LogP contribution in [0.5, 0.6) is 0 Å². The molecule has 2 amide bonds. The van der Waals surface area contributed by atoms with E-state index in [0.717, 1.165) is 22.7 Å². The van der Waals surface area contributed by atoms with Crippen LogP contribution in [0.15, 0.2) is 40.1 Å². The van der Waals surface area contributed by atoms with Crippen molar-refractivity contribution in [3.8, 4) is 11.4 Å². The van der Waals surface area contributed by atoms with Crippen LogP contribution in [0.25, 0.3) is 11.4 Å². The minimum atomic E-state index is -3.55. The van der Waals surface area contributed by atoms with E-state index in [2.05, 4.69) is 27.4 Å². The normalized spacial score (nSPS) is 21.2. The van der Waals surface area contributed by atoms with Gasteiger partial charge in [-0.25, -0.2) is 32.6 Å². The van der Waals surface area contributed by atoms with E-state index in [1.165, 1.54) is 0 Å². The van der Waals surface area contributed by atoms with Gasteiger partial charge in [0.15, 0.2) is 5.82 Å². The lowest BCUT2D eigenvalue weighted by Gasteiger charge is -2.34. The van der Waals surface area contributed by atoms with Gasteiger partial charge in [0.2, 0.25) is 14.2 Å². The van der Waals surface area contributed by atoms with Crippen molar-refractivity contribution in [1.29, 1.82) is 0 Å². The number of morpholine rings is 1.